The summed E-state index contributed by atoms with van der Waals surface area (Å²) in [7, 11) is 2.15. The van der Waals surface area contributed by atoms with Crippen LogP contribution in [0.2, 0.25) is 0 Å². The van der Waals surface area contributed by atoms with Gasteiger partial charge in [0.15, 0.2) is 5.65 Å². The number of pyridine rings is 1. The largest absolute Gasteiger partial charge is 0.361 e. The number of benzene rings is 2. The topological polar surface area (TPSA) is 58.3 Å². The molecule has 0 spiro atoms. The van der Waals surface area contributed by atoms with E-state index >= 15 is 0 Å². The number of rotatable bonds is 2. The lowest BCUT2D eigenvalue weighted by Crippen LogP contribution is -2.31. The van der Waals surface area contributed by atoms with Crippen LogP contribution in [0.5, 0.6) is 0 Å². The number of aromatic nitrogens is 4. The van der Waals surface area contributed by atoms with Crippen molar-refractivity contribution in [2.45, 2.75) is 12.5 Å². The quantitative estimate of drug-likeness (QED) is 0.497. The normalized spacial score (nSPS) is 16.9. The molecule has 0 amide bonds. The van der Waals surface area contributed by atoms with E-state index in [0.717, 1.165) is 24.3 Å². The summed E-state index contributed by atoms with van der Waals surface area (Å²) >= 11 is 0. The first kappa shape index (κ1) is 17.2. The predicted octanol–water partition coefficient (Wildman–Crippen LogP) is 3.54. The molecule has 6 nitrogen and oxygen atoms in total. The van der Waals surface area contributed by atoms with Crippen LogP contribution in [0.25, 0.3) is 22.2 Å². The number of H-pyrrole nitrogens is 1. The van der Waals surface area contributed by atoms with Gasteiger partial charge in [0.2, 0.25) is 0 Å². The van der Waals surface area contributed by atoms with Gasteiger partial charge in [0, 0.05) is 36.9 Å². The molecule has 1 aliphatic heterocycles. The fourth-order valence-corrected chi connectivity index (χ4v) is 4.63. The van der Waals surface area contributed by atoms with Gasteiger partial charge < -0.3 is 9.88 Å². The average Bonchev–Trinajstić information content (AvgIpc) is 3.37. The van der Waals surface area contributed by atoms with Crippen LogP contribution < -0.4 is 5.69 Å². The van der Waals surface area contributed by atoms with E-state index < -0.39 is 0 Å². The molecule has 5 aromatic rings. The summed E-state index contributed by atoms with van der Waals surface area (Å²) in [6, 6.07) is 20.6. The Balaban J connectivity index is 1.46. The summed E-state index contributed by atoms with van der Waals surface area (Å²) in [5.74, 6) is 0.296. The number of likely N-dealkylation sites (N-methyl/N-ethyl adjacent to an activating group) is 1. The highest BCUT2D eigenvalue weighted by atomic mass is 16.2. The first-order valence-electron chi connectivity index (χ1n) is 10.1. The number of aromatic amines is 1. The second kappa shape index (κ2) is 6.43. The summed E-state index contributed by atoms with van der Waals surface area (Å²) in [6.07, 6.45) is 3.73. The minimum Gasteiger partial charge on any atom is -0.361 e. The van der Waals surface area contributed by atoms with Gasteiger partial charge in [-0.1, -0.05) is 18.2 Å². The predicted molar refractivity (Wildman–Crippen MR) is 117 cm³/mol. The van der Waals surface area contributed by atoms with Crippen LogP contribution in [0, 0.1) is 0 Å². The zero-order chi connectivity index (χ0) is 20.2. The molecule has 2 aromatic carbocycles. The third kappa shape index (κ3) is 2.61. The van der Waals surface area contributed by atoms with Gasteiger partial charge in [-0.15, -0.1) is 5.10 Å². The Morgan fingerprint density at radius 3 is 2.90 bits per heavy atom. The van der Waals surface area contributed by atoms with Crippen molar-refractivity contribution in [2.75, 3.05) is 13.6 Å². The third-order valence-electron chi connectivity index (χ3n) is 6.09. The number of fused-ring (bicyclic) bond motifs is 3. The Morgan fingerprint density at radius 1 is 1.07 bits per heavy atom. The van der Waals surface area contributed by atoms with Gasteiger partial charge in [-0.2, -0.15) is 4.68 Å². The van der Waals surface area contributed by atoms with Crippen LogP contribution in [0.15, 0.2) is 77.9 Å². The molecule has 0 saturated carbocycles. The van der Waals surface area contributed by atoms with Crippen LogP contribution >= 0.6 is 0 Å². The maximum absolute atomic E-state index is 12.8. The van der Waals surface area contributed by atoms with Crippen LogP contribution in [-0.4, -0.2) is 37.7 Å². The Labute approximate surface area is 173 Å². The van der Waals surface area contributed by atoms with Gasteiger partial charge in [-0.25, -0.2) is 9.20 Å². The first-order valence-corrected chi connectivity index (χ1v) is 10.1. The molecule has 4 heterocycles. The number of nitrogens with zero attached hydrogens (tertiary/aromatic N) is 4. The van der Waals surface area contributed by atoms with Crippen molar-refractivity contribution in [1.29, 1.82) is 0 Å². The lowest BCUT2D eigenvalue weighted by molar-refractivity contribution is 0.295. The monoisotopic (exact) mass is 395 g/mol. The van der Waals surface area contributed by atoms with Gasteiger partial charge in [-0.05, 0) is 71.6 Å². The van der Waals surface area contributed by atoms with Crippen LogP contribution in [0.3, 0.4) is 0 Å². The van der Waals surface area contributed by atoms with Gasteiger partial charge in [0.1, 0.15) is 0 Å². The molecule has 1 unspecified atom stereocenters. The molecule has 0 radical (unpaired) electrons. The Kier molecular flexibility index (Phi) is 3.70. The SMILES string of the molecule is CN1Cc2cc(-n3nc4ccccn4c3=O)ccc2C(c2ccc3[nH]ccc3c2)C1. The van der Waals surface area contributed by atoms with Crippen molar-refractivity contribution in [3.63, 3.8) is 0 Å². The minimum absolute atomic E-state index is 0.149. The summed E-state index contributed by atoms with van der Waals surface area (Å²) in [6.45, 7) is 1.82. The van der Waals surface area contributed by atoms with Crippen molar-refractivity contribution in [2.24, 2.45) is 0 Å². The van der Waals surface area contributed by atoms with Crippen molar-refractivity contribution in [3.05, 3.63) is 100 Å². The highest BCUT2D eigenvalue weighted by Gasteiger charge is 2.26. The Hall–Kier alpha value is -3.64. The fraction of sp³-hybridized carbons (Fsp3) is 0.167. The molecular formula is C24H21N5O. The average molecular weight is 395 g/mol. The van der Waals surface area contributed by atoms with Crippen LogP contribution in [0.1, 0.15) is 22.6 Å². The highest BCUT2D eigenvalue weighted by molar-refractivity contribution is 5.80. The van der Waals surface area contributed by atoms with E-state index in [0.29, 0.717) is 11.6 Å². The molecule has 148 valence electrons. The zero-order valence-corrected chi connectivity index (χ0v) is 16.6. The molecule has 0 aliphatic carbocycles. The lowest BCUT2D eigenvalue weighted by atomic mass is 9.84. The van der Waals surface area contributed by atoms with E-state index in [9.17, 15) is 4.79 Å². The van der Waals surface area contributed by atoms with Crippen LogP contribution in [0.4, 0.5) is 0 Å². The van der Waals surface area contributed by atoms with Gasteiger partial charge in [0.25, 0.3) is 0 Å². The van der Waals surface area contributed by atoms with E-state index in [-0.39, 0.29) is 5.69 Å². The molecule has 1 atom stereocenters. The van der Waals surface area contributed by atoms with Crippen molar-refractivity contribution in [3.8, 4) is 5.69 Å². The van der Waals surface area contributed by atoms with Gasteiger partial charge in [0.05, 0.1) is 5.69 Å². The van der Waals surface area contributed by atoms with Crippen molar-refractivity contribution >= 4 is 16.6 Å². The van der Waals surface area contributed by atoms with E-state index in [1.54, 1.807) is 10.6 Å². The summed E-state index contributed by atoms with van der Waals surface area (Å²) in [5, 5.41) is 5.74. The maximum Gasteiger partial charge on any atom is 0.355 e. The minimum atomic E-state index is -0.149. The molecule has 30 heavy (non-hydrogen) atoms. The van der Waals surface area contributed by atoms with Crippen LogP contribution in [-0.2, 0) is 6.54 Å². The molecule has 0 saturated heterocycles. The third-order valence-corrected chi connectivity index (χ3v) is 6.09. The molecule has 6 rings (SSSR count). The maximum atomic E-state index is 12.8. The van der Waals surface area contributed by atoms with E-state index in [1.807, 2.05) is 30.5 Å². The van der Waals surface area contributed by atoms with Crippen molar-refractivity contribution in [1.82, 2.24) is 24.1 Å². The molecule has 0 fully saturated rings. The molecule has 1 aliphatic rings. The number of nitrogens with one attached hydrogen (secondary N) is 1. The lowest BCUT2D eigenvalue weighted by Gasteiger charge is -2.33. The van der Waals surface area contributed by atoms with Crippen molar-refractivity contribution < 1.29 is 0 Å². The van der Waals surface area contributed by atoms with E-state index in [4.69, 9.17) is 0 Å². The number of hydrogen-bond acceptors (Lipinski definition) is 3. The second-order valence-corrected chi connectivity index (χ2v) is 8.08. The molecule has 1 N–H and O–H groups in total. The highest BCUT2D eigenvalue weighted by Crippen LogP contribution is 2.35. The zero-order valence-electron chi connectivity index (χ0n) is 16.6. The summed E-state index contributed by atoms with van der Waals surface area (Å²) in [4.78, 5) is 18.4. The smallest absolute Gasteiger partial charge is 0.355 e. The molecular weight excluding hydrogens is 374 g/mol. The van der Waals surface area contributed by atoms with Gasteiger partial charge in [-0.3, -0.25) is 0 Å². The second-order valence-electron chi connectivity index (χ2n) is 8.08. The summed E-state index contributed by atoms with van der Waals surface area (Å²) < 4.78 is 3.06. The van der Waals surface area contributed by atoms with E-state index in [1.165, 1.54) is 26.8 Å². The Bertz CT molecular complexity index is 1460. The molecule has 3 aromatic heterocycles. The molecule has 0 bridgehead atoms. The standard InChI is InChI=1S/C24H21N5O/c1-27-14-18-13-19(29-24(30)28-11-3-2-4-23(28)26-29)6-7-20(18)21(15-27)16-5-8-22-17(12-16)9-10-25-22/h2-13,21,25H,14-15H2,1H3. The number of hydrogen-bond donors (Lipinski definition) is 1. The van der Waals surface area contributed by atoms with E-state index in [2.05, 4.69) is 58.4 Å². The fourth-order valence-electron chi connectivity index (χ4n) is 4.63. The van der Waals surface area contributed by atoms with Gasteiger partial charge >= 0.3 is 5.69 Å². The molecule has 6 heteroatoms. The first-order chi connectivity index (χ1) is 14.7. The summed E-state index contributed by atoms with van der Waals surface area (Å²) in [5.41, 5.74) is 6.34. The Morgan fingerprint density at radius 2 is 2.00 bits per heavy atom.